The topological polar surface area (TPSA) is 56.9 Å². The van der Waals surface area contributed by atoms with Crippen molar-refractivity contribution in [3.05, 3.63) is 47.1 Å². The zero-order valence-corrected chi connectivity index (χ0v) is 18.7. The lowest BCUT2D eigenvalue weighted by molar-refractivity contribution is 0.287. The number of hydrogen-bond donors (Lipinski definition) is 2. The summed E-state index contributed by atoms with van der Waals surface area (Å²) in [5.41, 5.74) is 12.4. The number of nitrogens with one attached hydrogen (secondary N) is 1. The number of allylic oxidation sites excluding steroid dienone is 5. The van der Waals surface area contributed by atoms with Gasteiger partial charge in [-0.25, -0.2) is 0 Å². The molecule has 1 fully saturated rings. The average Bonchev–Trinajstić information content (AvgIpc) is 2.72. The van der Waals surface area contributed by atoms with Crippen LogP contribution in [-0.2, 0) is 0 Å². The van der Waals surface area contributed by atoms with E-state index in [1.54, 1.807) is 0 Å². The Morgan fingerprint density at radius 2 is 1.93 bits per heavy atom. The van der Waals surface area contributed by atoms with Gasteiger partial charge in [-0.3, -0.25) is 4.99 Å². The minimum absolute atomic E-state index is 0.0817. The normalized spacial score (nSPS) is 24.1. The Labute approximate surface area is 177 Å². The fourth-order valence-electron chi connectivity index (χ4n) is 4.53. The number of aliphatic imine (C=N–C) groups is 1. The number of likely N-dealkylation sites (tertiary alicyclic amines) is 1. The lowest BCUT2D eigenvalue weighted by atomic mass is 9.99. The Morgan fingerprint density at radius 1 is 1.17 bits per heavy atom. The molecular formula is C24H39N5. The van der Waals surface area contributed by atoms with E-state index in [2.05, 4.69) is 67.1 Å². The maximum Gasteiger partial charge on any atom is 0.0881 e. The zero-order chi connectivity index (χ0) is 20.8. The van der Waals surface area contributed by atoms with Crippen molar-refractivity contribution in [1.29, 1.82) is 0 Å². The van der Waals surface area contributed by atoms with E-state index in [1.807, 2.05) is 0 Å². The molecule has 0 aromatic heterocycles. The maximum atomic E-state index is 6.43. The molecule has 0 aromatic rings. The highest BCUT2D eigenvalue weighted by Crippen LogP contribution is 2.27. The third kappa shape index (κ3) is 5.33. The van der Waals surface area contributed by atoms with Crippen molar-refractivity contribution in [2.75, 3.05) is 26.2 Å². The van der Waals surface area contributed by atoms with Gasteiger partial charge < -0.3 is 20.9 Å². The molecule has 0 saturated carbocycles. The van der Waals surface area contributed by atoms with Crippen LogP contribution in [0, 0.1) is 0 Å². The number of hydrogen-bond acceptors (Lipinski definition) is 5. The van der Waals surface area contributed by atoms with Gasteiger partial charge in [0.05, 0.1) is 17.5 Å². The molecule has 29 heavy (non-hydrogen) atoms. The van der Waals surface area contributed by atoms with E-state index in [-0.39, 0.29) is 6.04 Å². The number of piperidine rings is 1. The molecule has 1 atom stereocenters. The number of nitrogens with zero attached hydrogens (tertiary/aromatic N) is 3. The highest BCUT2D eigenvalue weighted by Gasteiger charge is 2.24. The Bertz CT molecular complexity index is 720. The van der Waals surface area contributed by atoms with Gasteiger partial charge in [0.2, 0.25) is 0 Å². The highest BCUT2D eigenvalue weighted by atomic mass is 15.2. The van der Waals surface area contributed by atoms with E-state index >= 15 is 0 Å². The van der Waals surface area contributed by atoms with Crippen LogP contribution < -0.4 is 11.1 Å². The molecule has 0 amide bonds. The second-order valence-corrected chi connectivity index (χ2v) is 8.45. The molecule has 1 saturated heterocycles. The quantitative estimate of drug-likeness (QED) is 0.684. The smallest absolute Gasteiger partial charge is 0.0881 e. The van der Waals surface area contributed by atoms with Gasteiger partial charge in [0.15, 0.2) is 0 Å². The maximum absolute atomic E-state index is 6.43. The molecule has 5 nitrogen and oxygen atoms in total. The SMILES string of the molecule is CCNC1=CC(=NC2=CC=C(N(CC)C(C)C)CC2)C(N2CCCCC2)=CC1N. The number of likely N-dealkylation sites (N-methyl/N-ethyl adjacent to an activating group) is 1. The van der Waals surface area contributed by atoms with E-state index in [0.717, 1.165) is 56.1 Å². The fraction of sp³-hybridized carbons (Fsp3) is 0.625. The molecule has 3 rings (SSSR count). The Morgan fingerprint density at radius 3 is 2.52 bits per heavy atom. The Kier molecular flexibility index (Phi) is 7.59. The van der Waals surface area contributed by atoms with E-state index in [9.17, 15) is 0 Å². The third-order valence-electron chi connectivity index (χ3n) is 6.03. The average molecular weight is 398 g/mol. The molecule has 3 aliphatic rings. The van der Waals surface area contributed by atoms with Crippen molar-refractivity contribution in [3.8, 4) is 0 Å². The van der Waals surface area contributed by atoms with E-state index in [1.165, 1.54) is 30.7 Å². The summed E-state index contributed by atoms with van der Waals surface area (Å²) in [6, 6.07) is 0.452. The first-order chi connectivity index (χ1) is 14.0. The van der Waals surface area contributed by atoms with Gasteiger partial charge in [0.25, 0.3) is 0 Å². The summed E-state index contributed by atoms with van der Waals surface area (Å²) >= 11 is 0. The van der Waals surface area contributed by atoms with Crippen LogP contribution in [0.15, 0.2) is 52.1 Å². The van der Waals surface area contributed by atoms with E-state index < -0.39 is 0 Å². The largest absolute Gasteiger partial charge is 0.387 e. The van der Waals surface area contributed by atoms with Crippen LogP contribution in [0.3, 0.4) is 0 Å². The molecule has 0 spiro atoms. The zero-order valence-electron chi connectivity index (χ0n) is 18.7. The molecule has 3 N–H and O–H groups in total. The second-order valence-electron chi connectivity index (χ2n) is 8.45. The molecule has 0 aromatic carbocycles. The van der Waals surface area contributed by atoms with Gasteiger partial charge in [0.1, 0.15) is 0 Å². The predicted molar refractivity (Wildman–Crippen MR) is 124 cm³/mol. The molecule has 2 aliphatic carbocycles. The van der Waals surface area contributed by atoms with Gasteiger partial charge in [0, 0.05) is 49.3 Å². The lowest BCUT2D eigenvalue weighted by Crippen LogP contribution is -2.39. The predicted octanol–water partition coefficient (Wildman–Crippen LogP) is 3.92. The molecule has 1 aliphatic heterocycles. The van der Waals surface area contributed by atoms with Crippen LogP contribution >= 0.6 is 0 Å². The van der Waals surface area contributed by atoms with Crippen LogP contribution in [0.25, 0.3) is 0 Å². The van der Waals surface area contributed by atoms with Crippen LogP contribution in [0.1, 0.15) is 59.8 Å². The van der Waals surface area contributed by atoms with E-state index in [4.69, 9.17) is 10.7 Å². The monoisotopic (exact) mass is 397 g/mol. The van der Waals surface area contributed by atoms with Crippen molar-refractivity contribution in [2.24, 2.45) is 10.7 Å². The molecule has 1 heterocycles. The van der Waals surface area contributed by atoms with Crippen LogP contribution in [0.2, 0.25) is 0 Å². The molecule has 5 heteroatoms. The Balaban J connectivity index is 1.87. The van der Waals surface area contributed by atoms with E-state index in [0.29, 0.717) is 6.04 Å². The first-order valence-electron chi connectivity index (χ1n) is 11.5. The van der Waals surface area contributed by atoms with Crippen molar-refractivity contribution >= 4 is 5.71 Å². The van der Waals surface area contributed by atoms with Crippen molar-refractivity contribution < 1.29 is 0 Å². The van der Waals surface area contributed by atoms with Crippen LogP contribution in [0.5, 0.6) is 0 Å². The summed E-state index contributed by atoms with van der Waals surface area (Å²) in [4.78, 5) is 10.1. The molecule has 0 bridgehead atoms. The van der Waals surface area contributed by atoms with Crippen molar-refractivity contribution in [1.82, 2.24) is 15.1 Å². The summed E-state index contributed by atoms with van der Waals surface area (Å²) in [7, 11) is 0. The molecular weight excluding hydrogens is 358 g/mol. The molecule has 1 unspecified atom stereocenters. The third-order valence-corrected chi connectivity index (χ3v) is 6.03. The summed E-state index contributed by atoms with van der Waals surface area (Å²) < 4.78 is 0. The van der Waals surface area contributed by atoms with Crippen molar-refractivity contribution in [3.63, 3.8) is 0 Å². The summed E-state index contributed by atoms with van der Waals surface area (Å²) in [6.07, 6.45) is 14.7. The fourth-order valence-corrected chi connectivity index (χ4v) is 4.53. The van der Waals surface area contributed by atoms with Gasteiger partial charge in [-0.1, -0.05) is 0 Å². The molecule has 160 valence electrons. The highest BCUT2D eigenvalue weighted by molar-refractivity contribution is 6.10. The second kappa shape index (κ2) is 10.1. The summed E-state index contributed by atoms with van der Waals surface area (Å²) in [5.74, 6) is 0. The van der Waals surface area contributed by atoms with Crippen LogP contribution in [-0.4, -0.2) is 53.8 Å². The number of nitrogens with two attached hydrogens (primary N) is 1. The number of rotatable bonds is 7. The minimum Gasteiger partial charge on any atom is -0.387 e. The Hall–Kier alpha value is -2.01. The first-order valence-corrected chi connectivity index (χ1v) is 11.5. The summed E-state index contributed by atoms with van der Waals surface area (Å²) in [6.45, 7) is 13.0. The van der Waals surface area contributed by atoms with Gasteiger partial charge in [-0.05, 0) is 84.1 Å². The standard InChI is InChI=1S/C24H39N5/c1-5-26-22-17-23(24(16-21(22)25)28-14-8-7-9-15-28)27-19-10-12-20(13-11-19)29(6-2)18(3)4/h10,12,16-18,21,26H,5-9,11,13-15,25H2,1-4H3. The van der Waals surface area contributed by atoms with Gasteiger partial charge >= 0.3 is 0 Å². The first kappa shape index (κ1) is 21.7. The molecule has 0 radical (unpaired) electrons. The van der Waals surface area contributed by atoms with Gasteiger partial charge in [-0.2, -0.15) is 0 Å². The summed E-state index contributed by atoms with van der Waals surface area (Å²) in [5, 5.41) is 3.42. The van der Waals surface area contributed by atoms with Gasteiger partial charge in [-0.15, -0.1) is 0 Å². The lowest BCUT2D eigenvalue weighted by Gasteiger charge is -2.34. The van der Waals surface area contributed by atoms with Crippen LogP contribution in [0.4, 0.5) is 0 Å². The minimum atomic E-state index is -0.0817. The van der Waals surface area contributed by atoms with Crippen molar-refractivity contribution in [2.45, 2.75) is 71.9 Å².